The highest BCUT2D eigenvalue weighted by atomic mass is 32.2. The van der Waals surface area contributed by atoms with Crippen molar-refractivity contribution in [3.05, 3.63) is 24.0 Å². The molecule has 2 amide bonds. The van der Waals surface area contributed by atoms with Crippen LogP contribution in [0.25, 0.3) is 0 Å². The molecule has 1 aromatic rings. The number of rotatable bonds is 8. The lowest BCUT2D eigenvalue weighted by atomic mass is 10.2. The Hall–Kier alpha value is -2.69. The third-order valence-electron chi connectivity index (χ3n) is 6.16. The number of nitrogens with one attached hydrogen (secondary N) is 2. The molecule has 1 aromatic carbocycles. The van der Waals surface area contributed by atoms with E-state index in [0.29, 0.717) is 30.2 Å². The van der Waals surface area contributed by atoms with Gasteiger partial charge in [-0.2, -0.15) is 0 Å². The van der Waals surface area contributed by atoms with Crippen molar-refractivity contribution in [3.63, 3.8) is 0 Å². The molecule has 2 saturated heterocycles. The van der Waals surface area contributed by atoms with E-state index < -0.39 is 28.8 Å². The average Bonchev–Trinajstić information content (AvgIpc) is 3.04. The Bertz CT molecular complexity index is 948. The van der Waals surface area contributed by atoms with Gasteiger partial charge in [-0.05, 0) is 30.0 Å². The maximum atomic E-state index is 14.9. The van der Waals surface area contributed by atoms with Crippen LogP contribution in [0.15, 0.2) is 18.2 Å². The van der Waals surface area contributed by atoms with E-state index in [-0.39, 0.29) is 49.3 Å². The molecular weight excluding hydrogens is 439 g/mol. The van der Waals surface area contributed by atoms with Crippen LogP contribution in [0.3, 0.4) is 0 Å². The summed E-state index contributed by atoms with van der Waals surface area (Å²) >= 11 is 0. The number of hydrogen-bond donors (Lipinski definition) is 2. The van der Waals surface area contributed by atoms with Crippen molar-refractivity contribution in [1.82, 2.24) is 5.32 Å². The number of fused-ring (bicyclic) bond motifs is 1. The Morgan fingerprint density at radius 1 is 1.34 bits per heavy atom. The smallest absolute Gasteiger partial charge is 0.414 e. The summed E-state index contributed by atoms with van der Waals surface area (Å²) in [5, 5.41) is 10.7. The number of halogens is 1. The summed E-state index contributed by atoms with van der Waals surface area (Å²) in [6.07, 6.45) is 0.558. The van der Waals surface area contributed by atoms with E-state index in [1.54, 1.807) is 18.4 Å². The number of anilines is 2. The zero-order chi connectivity index (χ0) is 23.0. The van der Waals surface area contributed by atoms with Gasteiger partial charge >= 0.3 is 6.09 Å². The highest BCUT2D eigenvalue weighted by molar-refractivity contribution is 7.84. The van der Waals surface area contributed by atoms with Gasteiger partial charge in [0.2, 0.25) is 5.91 Å². The molecule has 0 bridgehead atoms. The van der Waals surface area contributed by atoms with Crippen molar-refractivity contribution in [2.45, 2.75) is 13.0 Å². The van der Waals surface area contributed by atoms with Crippen LogP contribution >= 0.6 is 0 Å². The van der Waals surface area contributed by atoms with Crippen LogP contribution in [0.2, 0.25) is 0 Å². The zero-order valence-electron chi connectivity index (χ0n) is 18.0. The highest BCUT2D eigenvalue weighted by Crippen LogP contribution is 2.53. The number of carbonyl (C=O) groups is 2. The molecule has 32 heavy (non-hydrogen) atoms. The Morgan fingerprint density at radius 2 is 2.06 bits per heavy atom. The third kappa shape index (κ3) is 4.72. The fourth-order valence-corrected chi connectivity index (χ4v) is 4.81. The minimum Gasteiger partial charge on any atom is -0.480 e. The maximum Gasteiger partial charge on any atom is 0.414 e. The molecule has 0 aromatic heterocycles. The largest absolute Gasteiger partial charge is 0.480 e. The first kappa shape index (κ1) is 22.5. The first-order chi connectivity index (χ1) is 15.2. The van der Waals surface area contributed by atoms with Gasteiger partial charge in [-0.3, -0.25) is 19.3 Å². The molecule has 2 unspecified atom stereocenters. The summed E-state index contributed by atoms with van der Waals surface area (Å²) in [7, 11) is -0.945. The zero-order valence-corrected chi connectivity index (χ0v) is 18.8. The molecule has 2 aliphatic heterocycles. The van der Waals surface area contributed by atoms with Crippen LogP contribution in [-0.4, -0.2) is 73.0 Å². The molecule has 5 atom stereocenters. The van der Waals surface area contributed by atoms with Crippen molar-refractivity contribution in [1.29, 1.82) is 5.41 Å². The second kappa shape index (κ2) is 9.05. The van der Waals surface area contributed by atoms with Crippen molar-refractivity contribution in [2.75, 3.05) is 54.6 Å². The van der Waals surface area contributed by atoms with Crippen LogP contribution in [0.5, 0.6) is 0 Å². The lowest BCUT2D eigenvalue weighted by Gasteiger charge is -2.24. The van der Waals surface area contributed by atoms with E-state index >= 15 is 0 Å². The number of benzene rings is 1. The van der Waals surface area contributed by atoms with Gasteiger partial charge in [0.25, 0.3) is 0 Å². The molecule has 2 N–H and O–H groups in total. The monoisotopic (exact) mass is 466 g/mol. The fourth-order valence-electron chi connectivity index (χ4n) is 4.49. The van der Waals surface area contributed by atoms with E-state index in [4.69, 9.17) is 14.9 Å². The third-order valence-corrected chi connectivity index (χ3v) is 6.90. The number of piperidine rings is 1. The summed E-state index contributed by atoms with van der Waals surface area (Å²) in [6.45, 7) is 3.40. The normalized spacial score (nSPS) is 27.0. The molecule has 174 valence electrons. The second-order valence-electron chi connectivity index (χ2n) is 8.44. The summed E-state index contributed by atoms with van der Waals surface area (Å²) in [5.74, 6) is 0.594. The molecule has 4 rings (SSSR count). The quantitative estimate of drug-likeness (QED) is 0.442. The van der Waals surface area contributed by atoms with Crippen LogP contribution in [0, 0.1) is 29.0 Å². The highest BCUT2D eigenvalue weighted by Gasteiger charge is 2.59. The van der Waals surface area contributed by atoms with Crippen LogP contribution < -0.4 is 15.1 Å². The average molecular weight is 467 g/mol. The summed E-state index contributed by atoms with van der Waals surface area (Å²) in [4.78, 5) is 26.5. The number of ether oxygens (including phenoxy) is 2. The maximum absolute atomic E-state index is 14.9. The fraction of sp³-hybridized carbons (Fsp3) is 0.571. The Labute approximate surface area is 188 Å². The van der Waals surface area contributed by atoms with Crippen LogP contribution in [0.4, 0.5) is 20.6 Å². The Balaban J connectivity index is 1.32. The van der Waals surface area contributed by atoms with E-state index in [2.05, 4.69) is 5.32 Å². The number of nitrogens with zero attached hydrogens (tertiary/aromatic N) is 2. The first-order valence-electron chi connectivity index (χ1n) is 10.5. The first-order valence-corrected chi connectivity index (χ1v) is 12.3. The molecule has 1 aliphatic carbocycles. The predicted molar refractivity (Wildman–Crippen MR) is 118 cm³/mol. The standard InChI is InChI=1S/C21H27FN4O5S/c1-12(27)24-8-14-9-26(21(28)31-14)13-3-4-18(17(22)7-13)25-10-15-16(11-25)19(15)20(23)30-5-6-32(2)29/h3-4,7,14-16,19,23H,5-6,8-11H2,1-2H3,(H,24,27)/t14-,15-,16+,19?,32?/m0/s1. The number of hydrogen-bond acceptors (Lipinski definition) is 7. The molecule has 3 fully saturated rings. The van der Waals surface area contributed by atoms with E-state index in [1.165, 1.54) is 17.9 Å². The SMILES string of the molecule is CC(=O)NC[C@H]1CN(c2ccc(N3C[C@@H]4C(C(=N)OCCS(C)=O)[C@@H]4C3)c(F)c2)C(=O)O1. The van der Waals surface area contributed by atoms with Gasteiger partial charge in [-0.15, -0.1) is 0 Å². The van der Waals surface area contributed by atoms with E-state index in [9.17, 15) is 18.2 Å². The molecule has 11 heteroatoms. The van der Waals surface area contributed by atoms with Gasteiger partial charge in [0.05, 0.1) is 30.2 Å². The minimum atomic E-state index is -0.945. The van der Waals surface area contributed by atoms with E-state index in [1.807, 2.05) is 4.90 Å². The van der Waals surface area contributed by atoms with Gasteiger partial charge in [-0.25, -0.2) is 9.18 Å². The van der Waals surface area contributed by atoms with Crippen molar-refractivity contribution >= 4 is 40.1 Å². The van der Waals surface area contributed by atoms with Gasteiger partial charge in [0.15, 0.2) is 5.90 Å². The topological polar surface area (TPSA) is 112 Å². The van der Waals surface area contributed by atoms with Crippen LogP contribution in [-0.2, 0) is 25.1 Å². The van der Waals surface area contributed by atoms with Crippen molar-refractivity contribution in [3.8, 4) is 0 Å². The van der Waals surface area contributed by atoms with Crippen LogP contribution in [0.1, 0.15) is 6.92 Å². The lowest BCUT2D eigenvalue weighted by molar-refractivity contribution is -0.119. The minimum absolute atomic E-state index is 0.0544. The summed E-state index contributed by atoms with van der Waals surface area (Å²) in [5.41, 5.74) is 0.878. The number of cyclic esters (lactones) is 1. The van der Waals surface area contributed by atoms with Gasteiger partial charge < -0.3 is 19.7 Å². The Kier molecular flexibility index (Phi) is 6.36. The second-order valence-corrected chi connectivity index (χ2v) is 9.99. The van der Waals surface area contributed by atoms with Crippen molar-refractivity contribution in [2.24, 2.45) is 17.8 Å². The predicted octanol–water partition coefficient (Wildman–Crippen LogP) is 1.34. The number of carbonyl (C=O) groups excluding carboxylic acids is 2. The molecule has 0 radical (unpaired) electrons. The van der Waals surface area contributed by atoms with Gasteiger partial charge in [0.1, 0.15) is 18.5 Å². The van der Waals surface area contributed by atoms with E-state index in [0.717, 1.165) is 0 Å². The molecule has 3 aliphatic rings. The van der Waals surface area contributed by atoms with Crippen molar-refractivity contribution < 1.29 is 27.7 Å². The Morgan fingerprint density at radius 3 is 2.69 bits per heavy atom. The summed E-state index contributed by atoms with van der Waals surface area (Å²) in [6, 6.07) is 4.68. The molecule has 0 spiro atoms. The molecular formula is C21H27FN4O5S. The molecule has 9 nitrogen and oxygen atoms in total. The lowest BCUT2D eigenvalue weighted by Crippen LogP contribution is -2.33. The molecule has 2 heterocycles. The van der Waals surface area contributed by atoms with Gasteiger partial charge in [0, 0.05) is 43.0 Å². The molecule has 1 saturated carbocycles. The van der Waals surface area contributed by atoms with Gasteiger partial charge in [-0.1, -0.05) is 0 Å². The number of amides is 2. The summed E-state index contributed by atoms with van der Waals surface area (Å²) < 4.78 is 36.7.